The Morgan fingerprint density at radius 1 is 1.15 bits per heavy atom. The van der Waals surface area contributed by atoms with E-state index in [4.69, 9.17) is 0 Å². The van der Waals surface area contributed by atoms with E-state index in [9.17, 15) is 4.79 Å². The summed E-state index contributed by atoms with van der Waals surface area (Å²) >= 11 is 0. The summed E-state index contributed by atoms with van der Waals surface area (Å²) in [6.07, 6.45) is 2.18. The SMILES string of the molecule is O=C(c1n[nH]c2ccccc12)N1CCN2CCC1CC2. The third-order valence-corrected chi connectivity index (χ3v) is 4.59. The normalized spacial score (nSPS) is 25.9. The van der Waals surface area contributed by atoms with Crippen molar-refractivity contribution >= 4 is 16.8 Å². The minimum atomic E-state index is 0.0798. The lowest BCUT2D eigenvalue weighted by Gasteiger charge is -2.31. The van der Waals surface area contributed by atoms with Gasteiger partial charge < -0.3 is 9.80 Å². The molecule has 1 amide bonds. The molecule has 3 aliphatic rings. The number of hydrogen-bond donors (Lipinski definition) is 1. The van der Waals surface area contributed by atoms with Gasteiger partial charge >= 0.3 is 0 Å². The van der Waals surface area contributed by atoms with Gasteiger partial charge in [0.15, 0.2) is 5.69 Å². The third-order valence-electron chi connectivity index (χ3n) is 4.59. The second kappa shape index (κ2) is 4.59. The molecule has 20 heavy (non-hydrogen) atoms. The van der Waals surface area contributed by atoms with E-state index < -0.39 is 0 Å². The Morgan fingerprint density at radius 2 is 1.95 bits per heavy atom. The summed E-state index contributed by atoms with van der Waals surface area (Å²) in [5.74, 6) is 0.0798. The van der Waals surface area contributed by atoms with Gasteiger partial charge in [-0.2, -0.15) is 5.10 Å². The molecule has 0 unspecified atom stereocenters. The van der Waals surface area contributed by atoms with Gasteiger partial charge in [0.1, 0.15) is 0 Å². The van der Waals surface area contributed by atoms with Gasteiger partial charge in [0.2, 0.25) is 0 Å². The number of fused-ring (bicyclic) bond motifs is 5. The number of aromatic nitrogens is 2. The first-order chi connectivity index (χ1) is 9.83. The van der Waals surface area contributed by atoms with Gasteiger partial charge in [-0.15, -0.1) is 0 Å². The largest absolute Gasteiger partial charge is 0.333 e. The molecule has 4 heterocycles. The second-order valence-corrected chi connectivity index (χ2v) is 5.69. The van der Waals surface area contributed by atoms with Crippen LogP contribution in [-0.4, -0.2) is 58.1 Å². The zero-order valence-corrected chi connectivity index (χ0v) is 11.4. The fraction of sp³-hybridized carbons (Fsp3) is 0.467. The number of rotatable bonds is 1. The summed E-state index contributed by atoms with van der Waals surface area (Å²) < 4.78 is 0. The molecular weight excluding hydrogens is 252 g/mol. The molecule has 1 N–H and O–H groups in total. The highest BCUT2D eigenvalue weighted by molar-refractivity contribution is 6.04. The van der Waals surface area contributed by atoms with E-state index in [0.717, 1.165) is 49.9 Å². The smallest absolute Gasteiger partial charge is 0.275 e. The molecule has 2 bridgehead atoms. The first-order valence-corrected chi connectivity index (χ1v) is 7.29. The van der Waals surface area contributed by atoms with Gasteiger partial charge in [0.25, 0.3) is 5.91 Å². The van der Waals surface area contributed by atoms with E-state index >= 15 is 0 Å². The van der Waals surface area contributed by atoms with Crippen molar-refractivity contribution < 1.29 is 4.79 Å². The van der Waals surface area contributed by atoms with Crippen LogP contribution in [0.2, 0.25) is 0 Å². The van der Waals surface area contributed by atoms with Crippen LogP contribution in [0.1, 0.15) is 23.3 Å². The summed E-state index contributed by atoms with van der Waals surface area (Å²) in [5.41, 5.74) is 1.50. The zero-order chi connectivity index (χ0) is 13.5. The number of benzene rings is 1. The number of nitrogens with one attached hydrogen (secondary N) is 1. The lowest BCUT2D eigenvalue weighted by atomic mass is 10.0. The number of carbonyl (C=O) groups excluding carboxylic acids is 1. The molecule has 3 aliphatic heterocycles. The number of H-pyrrole nitrogens is 1. The van der Waals surface area contributed by atoms with Crippen LogP contribution in [0.4, 0.5) is 0 Å². The van der Waals surface area contributed by atoms with Crippen molar-refractivity contribution in [2.75, 3.05) is 26.2 Å². The average molecular weight is 270 g/mol. The topological polar surface area (TPSA) is 52.2 Å². The van der Waals surface area contributed by atoms with Crippen molar-refractivity contribution in [2.45, 2.75) is 18.9 Å². The first-order valence-electron chi connectivity index (χ1n) is 7.29. The summed E-state index contributed by atoms with van der Waals surface area (Å²) in [4.78, 5) is 17.3. The van der Waals surface area contributed by atoms with Gasteiger partial charge in [-0.05, 0) is 18.9 Å². The molecule has 5 heteroatoms. The Hall–Kier alpha value is -1.88. The van der Waals surface area contributed by atoms with E-state index in [0.29, 0.717) is 11.7 Å². The van der Waals surface area contributed by atoms with Crippen LogP contribution in [0.25, 0.3) is 10.9 Å². The minimum absolute atomic E-state index is 0.0798. The van der Waals surface area contributed by atoms with Crippen molar-refractivity contribution in [2.24, 2.45) is 0 Å². The maximum atomic E-state index is 12.8. The monoisotopic (exact) mass is 270 g/mol. The van der Waals surface area contributed by atoms with E-state index in [1.807, 2.05) is 29.2 Å². The zero-order valence-electron chi connectivity index (χ0n) is 11.4. The predicted molar refractivity (Wildman–Crippen MR) is 76.6 cm³/mol. The molecule has 5 nitrogen and oxygen atoms in total. The highest BCUT2D eigenvalue weighted by Crippen LogP contribution is 2.24. The molecule has 0 aliphatic carbocycles. The Kier molecular flexibility index (Phi) is 2.73. The van der Waals surface area contributed by atoms with E-state index in [1.165, 1.54) is 0 Å². The number of hydrogen-bond acceptors (Lipinski definition) is 3. The minimum Gasteiger partial charge on any atom is -0.333 e. The average Bonchev–Trinajstić information content (AvgIpc) is 2.69. The number of piperidine rings is 1. The van der Waals surface area contributed by atoms with Gasteiger partial charge in [0.05, 0.1) is 5.52 Å². The first kappa shape index (κ1) is 11.9. The van der Waals surface area contributed by atoms with Crippen LogP contribution in [-0.2, 0) is 0 Å². The van der Waals surface area contributed by atoms with Crippen LogP contribution in [0.15, 0.2) is 24.3 Å². The van der Waals surface area contributed by atoms with Crippen LogP contribution in [0.3, 0.4) is 0 Å². The summed E-state index contributed by atoms with van der Waals surface area (Å²) in [5, 5.41) is 8.14. The van der Waals surface area contributed by atoms with Crippen LogP contribution < -0.4 is 0 Å². The van der Waals surface area contributed by atoms with Crippen molar-refractivity contribution in [1.82, 2.24) is 20.0 Å². The van der Waals surface area contributed by atoms with Gasteiger partial charge in [-0.3, -0.25) is 9.89 Å². The second-order valence-electron chi connectivity index (χ2n) is 5.69. The number of amides is 1. The van der Waals surface area contributed by atoms with Crippen LogP contribution >= 0.6 is 0 Å². The fourth-order valence-corrected chi connectivity index (χ4v) is 3.42. The Labute approximate surface area is 117 Å². The van der Waals surface area contributed by atoms with Crippen molar-refractivity contribution in [3.63, 3.8) is 0 Å². The molecule has 0 saturated carbocycles. The highest BCUT2D eigenvalue weighted by atomic mass is 16.2. The lowest BCUT2D eigenvalue weighted by Crippen LogP contribution is -2.41. The molecule has 0 spiro atoms. The summed E-state index contributed by atoms with van der Waals surface area (Å²) in [6, 6.07) is 8.21. The highest BCUT2D eigenvalue weighted by Gasteiger charge is 2.33. The number of aromatic amines is 1. The molecule has 0 atom stereocenters. The van der Waals surface area contributed by atoms with Gasteiger partial charge in [-0.25, -0.2) is 0 Å². The van der Waals surface area contributed by atoms with Crippen molar-refractivity contribution in [1.29, 1.82) is 0 Å². The summed E-state index contributed by atoms with van der Waals surface area (Å²) in [6.45, 7) is 4.06. The molecule has 0 radical (unpaired) electrons. The van der Waals surface area contributed by atoms with Crippen molar-refractivity contribution in [3.8, 4) is 0 Å². The maximum Gasteiger partial charge on any atom is 0.275 e. The third kappa shape index (κ3) is 1.81. The molecule has 3 fully saturated rings. The van der Waals surface area contributed by atoms with E-state index in [-0.39, 0.29) is 5.91 Å². The van der Waals surface area contributed by atoms with Crippen LogP contribution in [0.5, 0.6) is 0 Å². The van der Waals surface area contributed by atoms with Crippen LogP contribution in [0, 0.1) is 0 Å². The molecule has 3 saturated heterocycles. The number of para-hydroxylation sites is 1. The molecule has 2 aromatic rings. The van der Waals surface area contributed by atoms with E-state index in [1.54, 1.807) is 0 Å². The summed E-state index contributed by atoms with van der Waals surface area (Å²) in [7, 11) is 0. The predicted octanol–water partition coefficient (Wildman–Crippen LogP) is 1.48. The molecular formula is C15H18N4O. The number of nitrogens with zero attached hydrogens (tertiary/aromatic N) is 3. The molecule has 104 valence electrons. The Balaban J connectivity index is 1.69. The molecule has 1 aromatic carbocycles. The Bertz CT molecular complexity index is 642. The Morgan fingerprint density at radius 3 is 2.80 bits per heavy atom. The standard InChI is InChI=1S/C15H18N4O/c20-15(14-12-3-1-2-4-13(12)16-17-14)19-10-9-18-7-5-11(19)6-8-18/h1-4,11H,5-10H2,(H,16,17). The lowest BCUT2D eigenvalue weighted by molar-refractivity contribution is 0.0681. The molecule has 5 rings (SSSR count). The van der Waals surface area contributed by atoms with Crippen molar-refractivity contribution in [3.05, 3.63) is 30.0 Å². The van der Waals surface area contributed by atoms with E-state index in [2.05, 4.69) is 15.1 Å². The number of carbonyl (C=O) groups is 1. The quantitative estimate of drug-likeness (QED) is 0.854. The van der Waals surface area contributed by atoms with Gasteiger partial charge in [-0.1, -0.05) is 18.2 Å². The fourth-order valence-electron chi connectivity index (χ4n) is 3.42. The maximum absolute atomic E-state index is 12.8. The molecule has 1 aromatic heterocycles. The van der Waals surface area contributed by atoms with Gasteiger partial charge in [0, 0.05) is 37.6 Å².